The molecule has 0 unspecified atom stereocenters. The van der Waals surface area contributed by atoms with Crippen LogP contribution in [0.1, 0.15) is 12.8 Å². The highest BCUT2D eigenvalue weighted by atomic mass is 35.5. The zero-order chi connectivity index (χ0) is 12.5. The topological polar surface area (TPSA) is 76.0 Å². The molecular formula is C9H16Cl2N4O2S. The number of hydrogen-bond acceptors (Lipinski definition) is 4. The van der Waals surface area contributed by atoms with Crippen molar-refractivity contribution >= 4 is 34.0 Å². The number of aryl methyl sites for hydroxylation is 1. The molecule has 9 heteroatoms. The fraction of sp³-hybridized carbons (Fsp3) is 0.667. The van der Waals surface area contributed by atoms with Gasteiger partial charge in [0.2, 0.25) is 0 Å². The first-order valence-corrected chi connectivity index (χ1v) is 7.27. The Bertz CT molecular complexity index is 477. The van der Waals surface area contributed by atoms with Crippen LogP contribution in [0.3, 0.4) is 0 Å². The first-order valence-electron chi connectivity index (χ1n) is 5.41. The quantitative estimate of drug-likeness (QED) is 0.853. The Balaban J connectivity index is 0.00000162. The summed E-state index contributed by atoms with van der Waals surface area (Å²) in [6.07, 6.45) is 2.90. The van der Waals surface area contributed by atoms with E-state index in [1.807, 2.05) is 0 Å². The third-order valence-corrected chi connectivity index (χ3v) is 4.78. The van der Waals surface area contributed by atoms with Crippen molar-refractivity contribution in [3.05, 3.63) is 11.2 Å². The van der Waals surface area contributed by atoms with Crippen LogP contribution in [0.15, 0.2) is 11.2 Å². The van der Waals surface area contributed by atoms with Crippen LogP contribution < -0.4 is 10.0 Å². The Hall–Kier alpha value is -0.340. The second kappa shape index (κ2) is 6.21. The number of halogens is 2. The minimum absolute atomic E-state index is 0. The van der Waals surface area contributed by atoms with E-state index in [2.05, 4.69) is 15.1 Å². The lowest BCUT2D eigenvalue weighted by molar-refractivity contribution is 0.425. The number of sulfonamides is 1. The predicted molar refractivity (Wildman–Crippen MR) is 71.7 cm³/mol. The molecule has 18 heavy (non-hydrogen) atoms. The summed E-state index contributed by atoms with van der Waals surface area (Å²) in [6, 6.07) is -0.0350. The van der Waals surface area contributed by atoms with E-state index < -0.39 is 10.0 Å². The Morgan fingerprint density at radius 2 is 2.11 bits per heavy atom. The third kappa shape index (κ3) is 3.36. The third-order valence-electron chi connectivity index (χ3n) is 2.76. The molecule has 1 aliphatic rings. The van der Waals surface area contributed by atoms with Gasteiger partial charge < -0.3 is 5.32 Å². The molecule has 1 fully saturated rings. The summed E-state index contributed by atoms with van der Waals surface area (Å²) in [5.74, 6) is 0. The minimum Gasteiger partial charge on any atom is -0.317 e. The summed E-state index contributed by atoms with van der Waals surface area (Å²) in [5.41, 5.74) is 0. The molecule has 0 atom stereocenters. The van der Waals surface area contributed by atoms with Gasteiger partial charge in [-0.2, -0.15) is 5.10 Å². The molecule has 2 heterocycles. The molecule has 0 spiro atoms. The molecule has 2 rings (SSSR count). The molecule has 0 amide bonds. The van der Waals surface area contributed by atoms with E-state index in [-0.39, 0.29) is 28.5 Å². The molecule has 104 valence electrons. The first kappa shape index (κ1) is 15.7. The van der Waals surface area contributed by atoms with E-state index in [0.29, 0.717) is 0 Å². The number of piperidine rings is 1. The number of nitrogens with one attached hydrogen (secondary N) is 2. The van der Waals surface area contributed by atoms with Gasteiger partial charge in [0, 0.05) is 13.1 Å². The summed E-state index contributed by atoms with van der Waals surface area (Å²) >= 11 is 5.83. The number of hydrogen-bond donors (Lipinski definition) is 2. The van der Waals surface area contributed by atoms with Gasteiger partial charge in [-0.1, -0.05) is 11.6 Å². The number of rotatable bonds is 3. The minimum atomic E-state index is -3.59. The van der Waals surface area contributed by atoms with Gasteiger partial charge in [0.1, 0.15) is 0 Å². The molecule has 2 N–H and O–H groups in total. The Kier molecular flexibility index (Phi) is 5.42. The van der Waals surface area contributed by atoms with Crippen LogP contribution >= 0.6 is 24.0 Å². The monoisotopic (exact) mass is 314 g/mol. The number of nitrogens with zero attached hydrogens (tertiary/aromatic N) is 2. The normalized spacial score (nSPS) is 17.4. The van der Waals surface area contributed by atoms with E-state index in [0.717, 1.165) is 25.9 Å². The first-order chi connectivity index (χ1) is 8.00. The molecule has 1 aromatic rings. The van der Waals surface area contributed by atoms with Gasteiger partial charge >= 0.3 is 0 Å². The molecular weight excluding hydrogens is 299 g/mol. The maximum absolute atomic E-state index is 12.1. The maximum Gasteiger partial charge on any atom is 0.259 e. The van der Waals surface area contributed by atoms with E-state index in [9.17, 15) is 8.42 Å². The summed E-state index contributed by atoms with van der Waals surface area (Å²) in [6.45, 7) is 1.65. The Labute approximate surface area is 118 Å². The molecule has 0 aliphatic carbocycles. The predicted octanol–water partition coefficient (Wildman–Crippen LogP) is 0.526. The highest BCUT2D eigenvalue weighted by Gasteiger charge is 2.26. The maximum atomic E-state index is 12.1. The highest BCUT2D eigenvalue weighted by molar-refractivity contribution is 7.89. The van der Waals surface area contributed by atoms with E-state index in [1.54, 1.807) is 7.05 Å². The lowest BCUT2D eigenvalue weighted by Crippen LogP contribution is -2.43. The second-order valence-electron chi connectivity index (χ2n) is 4.07. The molecule has 0 bridgehead atoms. The second-order valence-corrected chi connectivity index (χ2v) is 6.10. The van der Waals surface area contributed by atoms with Gasteiger partial charge in [0.25, 0.3) is 10.0 Å². The van der Waals surface area contributed by atoms with Gasteiger partial charge in [-0.05, 0) is 25.9 Å². The molecule has 1 aromatic heterocycles. The standard InChI is InChI=1S/C9H15ClN4O2S.ClH/c1-14-9(8(10)6-12-14)17(15,16)13-7-2-4-11-5-3-7;/h6-7,11,13H,2-5H2,1H3;1H. The lowest BCUT2D eigenvalue weighted by Gasteiger charge is -2.23. The van der Waals surface area contributed by atoms with Crippen molar-refractivity contribution in [3.63, 3.8) is 0 Å². The summed E-state index contributed by atoms with van der Waals surface area (Å²) < 4.78 is 28.2. The average molecular weight is 315 g/mol. The van der Waals surface area contributed by atoms with Gasteiger partial charge in [0.15, 0.2) is 5.03 Å². The fourth-order valence-electron chi connectivity index (χ4n) is 1.92. The molecule has 1 aliphatic heterocycles. The largest absolute Gasteiger partial charge is 0.317 e. The van der Waals surface area contributed by atoms with Gasteiger partial charge in [-0.3, -0.25) is 4.68 Å². The SMILES string of the molecule is Cl.Cn1ncc(Cl)c1S(=O)(=O)NC1CCNCC1. The van der Waals surface area contributed by atoms with Gasteiger partial charge in [-0.25, -0.2) is 13.1 Å². The highest BCUT2D eigenvalue weighted by Crippen LogP contribution is 2.20. The van der Waals surface area contributed by atoms with Crippen molar-refractivity contribution in [2.45, 2.75) is 23.9 Å². The smallest absolute Gasteiger partial charge is 0.259 e. The van der Waals surface area contributed by atoms with Crippen molar-refractivity contribution in [1.82, 2.24) is 19.8 Å². The van der Waals surface area contributed by atoms with Crippen LogP contribution in [0.2, 0.25) is 5.02 Å². The summed E-state index contributed by atoms with van der Waals surface area (Å²) in [7, 11) is -2.03. The molecule has 0 radical (unpaired) electrons. The fourth-order valence-corrected chi connectivity index (χ4v) is 3.88. The van der Waals surface area contributed by atoms with Gasteiger partial charge in [-0.15, -0.1) is 12.4 Å². The van der Waals surface area contributed by atoms with Crippen LogP contribution in [0, 0.1) is 0 Å². The molecule has 0 aromatic carbocycles. The molecule has 6 nitrogen and oxygen atoms in total. The summed E-state index contributed by atoms with van der Waals surface area (Å²) in [4.78, 5) is 0. The van der Waals surface area contributed by atoms with Crippen molar-refractivity contribution < 1.29 is 8.42 Å². The van der Waals surface area contributed by atoms with Gasteiger partial charge in [0.05, 0.1) is 11.2 Å². The summed E-state index contributed by atoms with van der Waals surface area (Å²) in [5, 5.41) is 7.18. The lowest BCUT2D eigenvalue weighted by atomic mass is 10.1. The Morgan fingerprint density at radius 3 is 2.61 bits per heavy atom. The van der Waals surface area contributed by atoms with E-state index >= 15 is 0 Å². The van der Waals surface area contributed by atoms with Crippen LogP contribution in [0.4, 0.5) is 0 Å². The van der Waals surface area contributed by atoms with Crippen LogP contribution in [0.5, 0.6) is 0 Å². The van der Waals surface area contributed by atoms with Crippen LogP contribution in [0.25, 0.3) is 0 Å². The van der Waals surface area contributed by atoms with Crippen LogP contribution in [-0.2, 0) is 17.1 Å². The Morgan fingerprint density at radius 1 is 1.50 bits per heavy atom. The van der Waals surface area contributed by atoms with Crippen LogP contribution in [-0.4, -0.2) is 37.3 Å². The van der Waals surface area contributed by atoms with Crippen molar-refractivity contribution in [1.29, 1.82) is 0 Å². The van der Waals surface area contributed by atoms with E-state index in [1.165, 1.54) is 10.9 Å². The van der Waals surface area contributed by atoms with Crippen molar-refractivity contribution in [2.75, 3.05) is 13.1 Å². The van der Waals surface area contributed by atoms with Crippen molar-refractivity contribution in [2.24, 2.45) is 7.05 Å². The molecule has 0 saturated carbocycles. The zero-order valence-electron chi connectivity index (χ0n) is 9.89. The zero-order valence-corrected chi connectivity index (χ0v) is 12.3. The van der Waals surface area contributed by atoms with E-state index in [4.69, 9.17) is 11.6 Å². The van der Waals surface area contributed by atoms with Crippen molar-refractivity contribution in [3.8, 4) is 0 Å². The number of aromatic nitrogens is 2. The average Bonchev–Trinajstić information content (AvgIpc) is 2.59. The molecule has 1 saturated heterocycles.